The van der Waals surface area contributed by atoms with Gasteiger partial charge in [0.2, 0.25) is 0 Å². The maximum absolute atomic E-state index is 11.8. The van der Waals surface area contributed by atoms with E-state index in [1.807, 2.05) is 6.07 Å². The van der Waals surface area contributed by atoms with Crippen LogP contribution in [0.25, 0.3) is 0 Å². The maximum atomic E-state index is 11.8. The molecule has 0 bridgehead atoms. The van der Waals surface area contributed by atoms with Crippen molar-refractivity contribution in [3.63, 3.8) is 0 Å². The number of rotatable bonds is 4. The first-order chi connectivity index (χ1) is 7.51. The Morgan fingerprint density at radius 3 is 2.62 bits per heavy atom. The molecule has 0 fully saturated rings. The summed E-state index contributed by atoms with van der Waals surface area (Å²) in [5, 5.41) is 8.74. The lowest BCUT2D eigenvalue weighted by Crippen LogP contribution is -2.07. The number of aryl methyl sites for hydroxylation is 1. The molecule has 0 saturated carbocycles. The zero-order valence-electron chi connectivity index (χ0n) is 8.90. The molecule has 1 rings (SSSR count). The van der Waals surface area contributed by atoms with Crippen molar-refractivity contribution in [2.75, 3.05) is 11.6 Å². The molecule has 0 aliphatic rings. The Labute approximate surface area is 101 Å². The van der Waals surface area contributed by atoms with Crippen molar-refractivity contribution >= 4 is 21.4 Å². The zero-order valence-corrected chi connectivity index (χ0v) is 10.5. The Balaban J connectivity index is 3.07. The minimum absolute atomic E-state index is 0.0435. The van der Waals surface area contributed by atoms with Crippen molar-refractivity contribution in [3.8, 4) is 6.07 Å². The van der Waals surface area contributed by atoms with Gasteiger partial charge < -0.3 is 0 Å². The summed E-state index contributed by atoms with van der Waals surface area (Å²) in [4.78, 5) is 0.258. The van der Waals surface area contributed by atoms with Crippen LogP contribution in [0.1, 0.15) is 17.5 Å². The minimum atomic E-state index is -3.26. The summed E-state index contributed by atoms with van der Waals surface area (Å²) in [7, 11) is -3.26. The number of hydrogen-bond donors (Lipinski definition) is 0. The SMILES string of the molecule is Cc1cc(S(=O)(=O)CCCCl)ccc1C#N. The summed E-state index contributed by atoms with van der Waals surface area (Å²) in [6, 6.07) is 6.53. The van der Waals surface area contributed by atoms with Crippen LogP contribution in [0.2, 0.25) is 0 Å². The Hall–Kier alpha value is -1.05. The van der Waals surface area contributed by atoms with Gasteiger partial charge in [0.1, 0.15) is 0 Å². The summed E-state index contributed by atoms with van der Waals surface area (Å²) in [5.41, 5.74) is 1.17. The molecule has 0 aliphatic carbocycles. The van der Waals surface area contributed by atoms with E-state index in [0.29, 0.717) is 23.4 Å². The molecule has 0 heterocycles. The molecule has 0 aliphatic heterocycles. The van der Waals surface area contributed by atoms with Gasteiger partial charge in [0.15, 0.2) is 9.84 Å². The molecule has 3 nitrogen and oxygen atoms in total. The first-order valence-electron chi connectivity index (χ1n) is 4.81. The van der Waals surface area contributed by atoms with Gasteiger partial charge in [-0.3, -0.25) is 0 Å². The van der Waals surface area contributed by atoms with Gasteiger partial charge in [0, 0.05) is 5.88 Å². The van der Waals surface area contributed by atoms with Crippen molar-refractivity contribution in [1.82, 2.24) is 0 Å². The van der Waals surface area contributed by atoms with E-state index in [-0.39, 0.29) is 10.6 Å². The Kier molecular flexibility index (Phi) is 4.34. The van der Waals surface area contributed by atoms with Gasteiger partial charge >= 0.3 is 0 Å². The summed E-state index contributed by atoms with van der Waals surface area (Å²) >= 11 is 5.47. The molecule has 0 atom stereocenters. The van der Waals surface area contributed by atoms with Crippen molar-refractivity contribution < 1.29 is 8.42 Å². The normalized spacial score (nSPS) is 11.1. The van der Waals surface area contributed by atoms with Gasteiger partial charge in [-0.05, 0) is 37.1 Å². The fraction of sp³-hybridized carbons (Fsp3) is 0.364. The van der Waals surface area contributed by atoms with Crippen LogP contribution in [-0.4, -0.2) is 20.1 Å². The highest BCUT2D eigenvalue weighted by molar-refractivity contribution is 7.91. The molecule has 0 spiro atoms. The molecule has 16 heavy (non-hydrogen) atoms. The molecule has 0 unspecified atom stereocenters. The smallest absolute Gasteiger partial charge is 0.178 e. The Bertz CT molecular complexity index is 517. The number of alkyl halides is 1. The van der Waals surface area contributed by atoms with Crippen molar-refractivity contribution in [2.24, 2.45) is 0 Å². The standard InChI is InChI=1S/C11H12ClNO2S/c1-9-7-11(4-3-10(9)8-13)16(14,15)6-2-5-12/h3-4,7H,2,5-6H2,1H3. The van der Waals surface area contributed by atoms with Crippen LogP contribution in [0.4, 0.5) is 0 Å². The van der Waals surface area contributed by atoms with Gasteiger partial charge in [-0.2, -0.15) is 5.26 Å². The number of nitriles is 1. The maximum Gasteiger partial charge on any atom is 0.178 e. The Morgan fingerprint density at radius 2 is 2.12 bits per heavy atom. The third-order valence-corrected chi connectivity index (χ3v) is 4.29. The van der Waals surface area contributed by atoms with Gasteiger partial charge in [-0.25, -0.2) is 8.42 Å². The predicted molar refractivity (Wildman–Crippen MR) is 63.3 cm³/mol. The average Bonchev–Trinajstić information content (AvgIpc) is 2.26. The number of hydrogen-bond acceptors (Lipinski definition) is 3. The summed E-state index contributed by atoms with van der Waals surface area (Å²) in [5.74, 6) is 0.371. The van der Waals surface area contributed by atoms with Crippen molar-refractivity contribution in [3.05, 3.63) is 29.3 Å². The topological polar surface area (TPSA) is 57.9 Å². The highest BCUT2D eigenvalue weighted by Gasteiger charge is 2.14. The number of halogens is 1. The first kappa shape index (κ1) is 13.0. The third kappa shape index (κ3) is 2.97. The van der Waals surface area contributed by atoms with E-state index in [4.69, 9.17) is 16.9 Å². The fourth-order valence-electron chi connectivity index (χ4n) is 1.32. The van der Waals surface area contributed by atoms with Crippen molar-refractivity contribution in [1.29, 1.82) is 5.26 Å². The van der Waals surface area contributed by atoms with Gasteiger partial charge in [-0.1, -0.05) is 0 Å². The molecule has 86 valence electrons. The van der Waals surface area contributed by atoms with Gasteiger partial charge in [0.25, 0.3) is 0 Å². The van der Waals surface area contributed by atoms with Crippen LogP contribution in [-0.2, 0) is 9.84 Å². The van der Waals surface area contributed by atoms with Crippen LogP contribution < -0.4 is 0 Å². The quantitative estimate of drug-likeness (QED) is 0.778. The molecule has 1 aromatic rings. The van der Waals surface area contributed by atoms with E-state index in [9.17, 15) is 8.42 Å². The lowest BCUT2D eigenvalue weighted by Gasteiger charge is -2.05. The van der Waals surface area contributed by atoms with E-state index >= 15 is 0 Å². The molecule has 0 radical (unpaired) electrons. The van der Waals surface area contributed by atoms with E-state index < -0.39 is 9.84 Å². The van der Waals surface area contributed by atoms with Crippen LogP contribution in [0, 0.1) is 18.3 Å². The molecule has 0 amide bonds. The molecule has 0 aromatic heterocycles. The highest BCUT2D eigenvalue weighted by Crippen LogP contribution is 2.16. The lowest BCUT2D eigenvalue weighted by atomic mass is 10.1. The number of benzene rings is 1. The van der Waals surface area contributed by atoms with Crippen molar-refractivity contribution in [2.45, 2.75) is 18.2 Å². The fourth-order valence-corrected chi connectivity index (χ4v) is 3.00. The zero-order chi connectivity index (χ0) is 12.2. The second-order valence-corrected chi connectivity index (χ2v) is 5.94. The molecule has 5 heteroatoms. The van der Waals surface area contributed by atoms with Crippen LogP contribution in [0.3, 0.4) is 0 Å². The minimum Gasteiger partial charge on any atom is -0.224 e. The first-order valence-corrected chi connectivity index (χ1v) is 6.99. The molecule has 1 aromatic carbocycles. The molecule has 0 N–H and O–H groups in total. The van der Waals surface area contributed by atoms with Gasteiger partial charge in [-0.15, -0.1) is 11.6 Å². The average molecular weight is 258 g/mol. The summed E-state index contributed by atoms with van der Waals surface area (Å²) in [6.07, 6.45) is 0.433. The molecule has 0 saturated heterocycles. The van der Waals surface area contributed by atoms with E-state index in [1.54, 1.807) is 6.92 Å². The second-order valence-electron chi connectivity index (χ2n) is 3.45. The van der Waals surface area contributed by atoms with E-state index in [0.717, 1.165) is 0 Å². The molecular formula is C11H12ClNO2S. The third-order valence-electron chi connectivity index (χ3n) is 2.22. The predicted octanol–water partition coefficient (Wildman–Crippen LogP) is 2.27. The van der Waals surface area contributed by atoms with Gasteiger partial charge in [0.05, 0.1) is 22.3 Å². The lowest BCUT2D eigenvalue weighted by molar-refractivity contribution is 0.594. The molecular weight excluding hydrogens is 246 g/mol. The number of nitrogens with zero attached hydrogens (tertiary/aromatic N) is 1. The second kappa shape index (κ2) is 5.33. The highest BCUT2D eigenvalue weighted by atomic mass is 35.5. The van der Waals surface area contributed by atoms with E-state index in [1.165, 1.54) is 18.2 Å². The van der Waals surface area contributed by atoms with Crippen LogP contribution >= 0.6 is 11.6 Å². The Morgan fingerprint density at radius 1 is 1.44 bits per heavy atom. The van der Waals surface area contributed by atoms with Crippen LogP contribution in [0.15, 0.2) is 23.1 Å². The number of sulfone groups is 1. The summed E-state index contributed by atoms with van der Waals surface area (Å²) in [6.45, 7) is 1.72. The monoisotopic (exact) mass is 257 g/mol. The largest absolute Gasteiger partial charge is 0.224 e. The van der Waals surface area contributed by atoms with E-state index in [2.05, 4.69) is 0 Å². The van der Waals surface area contributed by atoms with Crippen LogP contribution in [0.5, 0.6) is 0 Å². The summed E-state index contributed by atoms with van der Waals surface area (Å²) < 4.78 is 23.6.